The maximum absolute atomic E-state index is 5.39. The van der Waals surface area contributed by atoms with Crippen LogP contribution >= 0.6 is 0 Å². The lowest BCUT2D eigenvalue weighted by atomic mass is 10.1. The van der Waals surface area contributed by atoms with Crippen molar-refractivity contribution in [1.29, 1.82) is 0 Å². The molecule has 0 amide bonds. The van der Waals surface area contributed by atoms with Crippen LogP contribution in [0.5, 0.6) is 0 Å². The summed E-state index contributed by atoms with van der Waals surface area (Å²) in [5, 5.41) is 0. The van der Waals surface area contributed by atoms with E-state index in [4.69, 9.17) is 5.84 Å². The largest absolute Gasteiger partial charge is 0.324 e. The first-order valence-electron chi connectivity index (χ1n) is 6.38. The first-order chi connectivity index (χ1) is 8.28. The third-order valence-corrected chi connectivity index (χ3v) is 3.46. The third-order valence-electron chi connectivity index (χ3n) is 3.46. The van der Waals surface area contributed by atoms with Gasteiger partial charge in [0.25, 0.3) is 0 Å². The van der Waals surface area contributed by atoms with E-state index in [0.717, 1.165) is 23.8 Å². The predicted molar refractivity (Wildman–Crippen MR) is 70.3 cm³/mol. The lowest BCUT2D eigenvalue weighted by molar-refractivity contribution is 0.268. The van der Waals surface area contributed by atoms with Gasteiger partial charge in [0.1, 0.15) is 0 Å². The van der Waals surface area contributed by atoms with Gasteiger partial charge in [-0.25, -0.2) is 0 Å². The van der Waals surface area contributed by atoms with Gasteiger partial charge < -0.3 is 10.3 Å². The van der Waals surface area contributed by atoms with Gasteiger partial charge in [-0.1, -0.05) is 12.8 Å². The number of hydrogen-bond acceptors (Lipinski definition) is 4. The molecular formula is C13H22N4. The highest BCUT2D eigenvalue weighted by Gasteiger charge is 2.16. The number of aromatic nitrogens is 1. The van der Waals surface area contributed by atoms with E-state index < -0.39 is 0 Å². The van der Waals surface area contributed by atoms with E-state index in [0.29, 0.717) is 0 Å². The SMILES string of the molecule is CN(Cc1cc(NN)ccn1)CC1CCCC1. The number of hydrogen-bond donors (Lipinski definition) is 2. The van der Waals surface area contributed by atoms with E-state index in [-0.39, 0.29) is 0 Å². The van der Waals surface area contributed by atoms with Gasteiger partial charge in [0.2, 0.25) is 0 Å². The first-order valence-corrected chi connectivity index (χ1v) is 6.38. The average molecular weight is 234 g/mol. The minimum absolute atomic E-state index is 0.885. The zero-order valence-electron chi connectivity index (χ0n) is 10.5. The van der Waals surface area contributed by atoms with Gasteiger partial charge in [0.05, 0.1) is 11.4 Å². The fourth-order valence-electron chi connectivity index (χ4n) is 2.63. The topological polar surface area (TPSA) is 54.2 Å². The van der Waals surface area contributed by atoms with Crippen LogP contribution in [-0.2, 0) is 6.54 Å². The number of nitrogen functional groups attached to an aromatic ring is 1. The first kappa shape index (κ1) is 12.3. The van der Waals surface area contributed by atoms with Crippen molar-refractivity contribution in [2.75, 3.05) is 19.0 Å². The lowest BCUT2D eigenvalue weighted by Gasteiger charge is -2.20. The van der Waals surface area contributed by atoms with Crippen molar-refractivity contribution in [2.24, 2.45) is 11.8 Å². The molecule has 1 heterocycles. The molecule has 0 atom stereocenters. The molecule has 0 spiro atoms. The molecule has 1 aromatic rings. The van der Waals surface area contributed by atoms with Gasteiger partial charge in [0, 0.05) is 19.3 Å². The molecule has 1 fully saturated rings. The lowest BCUT2D eigenvalue weighted by Crippen LogP contribution is -2.24. The summed E-state index contributed by atoms with van der Waals surface area (Å²) in [6.07, 6.45) is 7.39. The molecule has 17 heavy (non-hydrogen) atoms. The van der Waals surface area contributed by atoms with Gasteiger partial charge >= 0.3 is 0 Å². The van der Waals surface area contributed by atoms with Crippen LogP contribution in [-0.4, -0.2) is 23.5 Å². The summed E-state index contributed by atoms with van der Waals surface area (Å²) in [7, 11) is 2.17. The second-order valence-electron chi connectivity index (χ2n) is 5.03. The molecular weight excluding hydrogens is 212 g/mol. The Balaban J connectivity index is 1.85. The maximum atomic E-state index is 5.39. The van der Waals surface area contributed by atoms with Crippen molar-refractivity contribution in [3.8, 4) is 0 Å². The molecule has 0 bridgehead atoms. The van der Waals surface area contributed by atoms with Crippen LogP contribution in [0.4, 0.5) is 5.69 Å². The molecule has 0 saturated heterocycles. The quantitative estimate of drug-likeness (QED) is 0.604. The van der Waals surface area contributed by atoms with E-state index in [1.807, 2.05) is 12.1 Å². The van der Waals surface area contributed by atoms with Crippen LogP contribution < -0.4 is 11.3 Å². The van der Waals surface area contributed by atoms with E-state index in [2.05, 4.69) is 22.4 Å². The molecule has 1 aliphatic carbocycles. The maximum Gasteiger partial charge on any atom is 0.0564 e. The number of pyridine rings is 1. The minimum atomic E-state index is 0.885. The molecule has 0 aliphatic heterocycles. The number of nitrogens with zero attached hydrogens (tertiary/aromatic N) is 2. The van der Waals surface area contributed by atoms with E-state index in [9.17, 15) is 0 Å². The molecule has 0 aromatic carbocycles. The summed E-state index contributed by atoms with van der Waals surface area (Å²) in [5.41, 5.74) is 4.65. The van der Waals surface area contributed by atoms with Crippen molar-refractivity contribution >= 4 is 5.69 Å². The van der Waals surface area contributed by atoms with E-state index in [1.165, 1.54) is 32.2 Å². The Morgan fingerprint density at radius 3 is 2.94 bits per heavy atom. The standard InChI is InChI=1S/C13H22N4/c1-17(9-11-4-2-3-5-11)10-13-8-12(16-14)6-7-15-13/h6-8,11H,2-5,9-10,14H2,1H3,(H,15,16). The zero-order chi connectivity index (χ0) is 12.1. The molecule has 4 heteroatoms. The van der Waals surface area contributed by atoms with Gasteiger partial charge in [0.15, 0.2) is 0 Å². The van der Waals surface area contributed by atoms with Crippen LogP contribution in [0.3, 0.4) is 0 Å². The van der Waals surface area contributed by atoms with Crippen LogP contribution in [0, 0.1) is 5.92 Å². The van der Waals surface area contributed by atoms with Crippen molar-refractivity contribution < 1.29 is 0 Å². The summed E-state index contributed by atoms with van der Waals surface area (Å²) in [6, 6.07) is 3.88. The van der Waals surface area contributed by atoms with Gasteiger partial charge in [-0.15, -0.1) is 0 Å². The number of hydrazine groups is 1. The van der Waals surface area contributed by atoms with Crippen LogP contribution in [0.15, 0.2) is 18.3 Å². The summed E-state index contributed by atoms with van der Waals surface area (Å²) in [5.74, 6) is 6.28. The normalized spacial score (nSPS) is 16.6. The number of rotatable bonds is 5. The predicted octanol–water partition coefficient (Wildman–Crippen LogP) is 1.99. The van der Waals surface area contributed by atoms with Crippen molar-refractivity contribution in [3.05, 3.63) is 24.0 Å². The molecule has 1 aromatic heterocycles. The Morgan fingerprint density at radius 2 is 2.24 bits per heavy atom. The molecule has 2 rings (SSSR count). The smallest absolute Gasteiger partial charge is 0.0564 e. The molecule has 3 N–H and O–H groups in total. The molecule has 0 unspecified atom stereocenters. The second kappa shape index (κ2) is 5.98. The molecule has 0 radical (unpaired) electrons. The fraction of sp³-hybridized carbons (Fsp3) is 0.615. The summed E-state index contributed by atoms with van der Waals surface area (Å²) in [6.45, 7) is 2.08. The minimum Gasteiger partial charge on any atom is -0.324 e. The highest BCUT2D eigenvalue weighted by Crippen LogP contribution is 2.25. The number of nitrogens with one attached hydrogen (secondary N) is 1. The Morgan fingerprint density at radius 1 is 1.47 bits per heavy atom. The van der Waals surface area contributed by atoms with E-state index in [1.54, 1.807) is 6.20 Å². The highest BCUT2D eigenvalue weighted by molar-refractivity contribution is 5.41. The van der Waals surface area contributed by atoms with E-state index >= 15 is 0 Å². The van der Waals surface area contributed by atoms with Crippen LogP contribution in [0.2, 0.25) is 0 Å². The van der Waals surface area contributed by atoms with Crippen LogP contribution in [0.1, 0.15) is 31.4 Å². The average Bonchev–Trinajstić information content (AvgIpc) is 2.82. The van der Waals surface area contributed by atoms with Crippen molar-refractivity contribution in [3.63, 3.8) is 0 Å². The molecule has 94 valence electrons. The number of anilines is 1. The highest BCUT2D eigenvalue weighted by atomic mass is 15.2. The van der Waals surface area contributed by atoms with Gasteiger partial charge in [-0.3, -0.25) is 10.8 Å². The summed E-state index contributed by atoms with van der Waals surface area (Å²) < 4.78 is 0. The van der Waals surface area contributed by atoms with Crippen molar-refractivity contribution in [2.45, 2.75) is 32.2 Å². The Hall–Kier alpha value is -1.13. The summed E-state index contributed by atoms with van der Waals surface area (Å²) in [4.78, 5) is 6.72. The van der Waals surface area contributed by atoms with Gasteiger partial charge in [-0.2, -0.15) is 0 Å². The monoisotopic (exact) mass is 234 g/mol. The fourth-order valence-corrected chi connectivity index (χ4v) is 2.63. The van der Waals surface area contributed by atoms with Crippen LogP contribution in [0.25, 0.3) is 0 Å². The Bertz CT molecular complexity index is 347. The van der Waals surface area contributed by atoms with Crippen molar-refractivity contribution in [1.82, 2.24) is 9.88 Å². The third kappa shape index (κ3) is 3.68. The second-order valence-corrected chi connectivity index (χ2v) is 5.03. The Kier molecular flexibility index (Phi) is 4.34. The number of nitrogens with two attached hydrogens (primary N) is 1. The molecule has 4 nitrogen and oxygen atoms in total. The summed E-state index contributed by atoms with van der Waals surface area (Å²) >= 11 is 0. The molecule has 1 saturated carbocycles. The zero-order valence-corrected chi connectivity index (χ0v) is 10.5. The molecule has 1 aliphatic rings. The van der Waals surface area contributed by atoms with Gasteiger partial charge in [-0.05, 0) is 37.9 Å². The Labute approximate surface area is 103 Å².